The highest BCUT2D eigenvalue weighted by molar-refractivity contribution is 6.30. The fourth-order valence-corrected chi connectivity index (χ4v) is 6.18. The van der Waals surface area contributed by atoms with Crippen LogP contribution in [0.4, 0.5) is 21.2 Å². The molecular formula is C33H30Cl2N12O7. The van der Waals surface area contributed by atoms with Gasteiger partial charge in [-0.1, -0.05) is 23.2 Å². The third kappa shape index (κ3) is 7.41. The molecule has 2 atom stereocenters. The Kier molecular flexibility index (Phi) is 10.7. The van der Waals surface area contributed by atoms with Crippen molar-refractivity contribution in [3.8, 4) is 0 Å². The van der Waals surface area contributed by atoms with Crippen molar-refractivity contribution in [1.82, 2.24) is 49.9 Å². The van der Waals surface area contributed by atoms with Crippen molar-refractivity contribution in [3.05, 3.63) is 94.3 Å². The SMILES string of the molecule is O=C(O[C@H]1c2nccnc2C(=O)N1c1ccc(Cl)cn1)N1CCNCC1.O=CN1CCN(C(=O)O[C@H]2c3nccnc3C(=O)N2c2ccc(Cl)cn2)CC1. The van der Waals surface area contributed by atoms with Crippen molar-refractivity contribution in [3.63, 3.8) is 0 Å². The summed E-state index contributed by atoms with van der Waals surface area (Å²) in [5.74, 6) is -0.336. The van der Waals surface area contributed by atoms with Crippen LogP contribution in [0.5, 0.6) is 0 Å². The number of aromatic nitrogens is 6. The number of piperazine rings is 2. The summed E-state index contributed by atoms with van der Waals surface area (Å²) in [4.78, 5) is 93.6. The second kappa shape index (κ2) is 15.9. The zero-order valence-corrected chi connectivity index (χ0v) is 29.7. The van der Waals surface area contributed by atoms with Crippen LogP contribution in [-0.2, 0) is 14.3 Å². The zero-order valence-electron chi connectivity index (χ0n) is 28.2. The van der Waals surface area contributed by atoms with Gasteiger partial charge in [0.1, 0.15) is 23.0 Å². The molecular weight excluding hydrogens is 747 g/mol. The van der Waals surface area contributed by atoms with Gasteiger partial charge in [0, 0.05) is 89.5 Å². The minimum atomic E-state index is -1.10. The number of amides is 5. The quantitative estimate of drug-likeness (QED) is 0.289. The molecule has 54 heavy (non-hydrogen) atoms. The van der Waals surface area contributed by atoms with E-state index in [9.17, 15) is 24.0 Å². The number of carbonyl (C=O) groups is 5. The molecule has 0 unspecified atom stereocenters. The number of nitrogens with zero attached hydrogens (tertiary/aromatic N) is 11. The standard InChI is InChI=1S/C17H15ClN6O4.C16H15ClN6O3/c18-11-1-2-12(21-9-11)24-15(26)13-14(20-4-3-19-13)16(24)28-17(27)23-7-5-22(10-25)6-8-23;17-10-1-2-11(21-9-10)23-14(24)12-13(20-4-3-19-12)15(23)26-16(25)22-7-5-18-6-8-22/h1-4,9-10,16H,5-8H2;1-4,9,15,18H,5-8H2/t16-;15-/m00/s1. The molecule has 0 spiro atoms. The van der Waals surface area contributed by atoms with Crippen molar-refractivity contribution >= 4 is 65.2 Å². The topological polar surface area (TPSA) is 209 Å². The van der Waals surface area contributed by atoms with Crippen LogP contribution in [0.3, 0.4) is 0 Å². The highest BCUT2D eigenvalue weighted by Gasteiger charge is 2.45. The van der Waals surface area contributed by atoms with E-state index in [0.717, 1.165) is 6.41 Å². The van der Waals surface area contributed by atoms with Gasteiger partial charge >= 0.3 is 12.2 Å². The molecule has 1 N–H and O–H groups in total. The third-order valence-electron chi connectivity index (χ3n) is 8.67. The molecule has 5 amide bonds. The number of hydrogen-bond donors (Lipinski definition) is 1. The summed E-state index contributed by atoms with van der Waals surface area (Å²) >= 11 is 11.8. The first-order chi connectivity index (χ1) is 26.2. The number of carbonyl (C=O) groups excluding carboxylic acids is 5. The predicted octanol–water partition coefficient (Wildman–Crippen LogP) is 2.32. The van der Waals surface area contributed by atoms with E-state index in [1.165, 1.54) is 51.9 Å². The van der Waals surface area contributed by atoms with E-state index in [0.29, 0.717) is 68.2 Å². The summed E-state index contributed by atoms with van der Waals surface area (Å²) in [6, 6.07) is 6.32. The fraction of sp³-hybridized carbons (Fsp3) is 0.303. The van der Waals surface area contributed by atoms with Crippen molar-refractivity contribution in [2.24, 2.45) is 0 Å². The van der Waals surface area contributed by atoms with Gasteiger partial charge in [-0.3, -0.25) is 24.4 Å². The second-order valence-corrected chi connectivity index (χ2v) is 12.8. The van der Waals surface area contributed by atoms with E-state index in [2.05, 4.69) is 35.2 Å². The molecule has 19 nitrogen and oxygen atoms in total. The number of rotatable bonds is 5. The maximum absolute atomic E-state index is 12.8. The molecule has 0 saturated carbocycles. The minimum absolute atomic E-state index is 0.0998. The zero-order chi connectivity index (χ0) is 37.8. The normalized spacial score (nSPS) is 19.1. The number of nitrogens with one attached hydrogen (secondary N) is 1. The van der Waals surface area contributed by atoms with Gasteiger partial charge < -0.3 is 29.5 Å². The number of ether oxygens (including phenoxy) is 2. The molecule has 8 rings (SSSR count). The monoisotopic (exact) mass is 776 g/mol. The lowest BCUT2D eigenvalue weighted by atomic mass is 10.3. The van der Waals surface area contributed by atoms with Crippen LogP contribution in [0.25, 0.3) is 0 Å². The molecule has 0 radical (unpaired) electrons. The molecule has 4 aromatic heterocycles. The molecule has 4 aromatic rings. The Morgan fingerprint density at radius 2 is 1.09 bits per heavy atom. The molecule has 8 heterocycles. The molecule has 2 saturated heterocycles. The molecule has 0 aromatic carbocycles. The van der Waals surface area contributed by atoms with E-state index in [-0.39, 0.29) is 28.6 Å². The van der Waals surface area contributed by atoms with Crippen LogP contribution >= 0.6 is 23.2 Å². The first-order valence-corrected chi connectivity index (χ1v) is 17.3. The molecule has 4 aliphatic heterocycles. The number of pyridine rings is 2. The van der Waals surface area contributed by atoms with E-state index >= 15 is 0 Å². The molecule has 0 aliphatic carbocycles. The summed E-state index contributed by atoms with van der Waals surface area (Å²) in [7, 11) is 0. The summed E-state index contributed by atoms with van der Waals surface area (Å²) in [5, 5.41) is 4.01. The predicted molar refractivity (Wildman–Crippen MR) is 188 cm³/mol. The molecule has 2 fully saturated rings. The van der Waals surface area contributed by atoms with Gasteiger partial charge in [-0.25, -0.2) is 39.3 Å². The van der Waals surface area contributed by atoms with Gasteiger partial charge in [0.15, 0.2) is 11.4 Å². The van der Waals surface area contributed by atoms with Crippen molar-refractivity contribution < 1.29 is 33.4 Å². The lowest BCUT2D eigenvalue weighted by Gasteiger charge is -2.33. The van der Waals surface area contributed by atoms with Crippen LogP contribution in [0.15, 0.2) is 61.4 Å². The number of hydrogen-bond acceptors (Lipinski definition) is 14. The lowest BCUT2D eigenvalue weighted by molar-refractivity contribution is -0.119. The van der Waals surface area contributed by atoms with Gasteiger partial charge in [0.2, 0.25) is 18.9 Å². The smallest absolute Gasteiger partial charge is 0.412 e. The Labute approximate surface area is 316 Å². The second-order valence-electron chi connectivity index (χ2n) is 11.9. The van der Waals surface area contributed by atoms with E-state index in [1.807, 2.05) is 0 Å². The third-order valence-corrected chi connectivity index (χ3v) is 9.12. The summed E-state index contributed by atoms with van der Waals surface area (Å²) in [6.07, 6.45) is 6.02. The Morgan fingerprint density at radius 1 is 0.648 bits per heavy atom. The number of halogens is 2. The summed E-state index contributed by atoms with van der Waals surface area (Å²) < 4.78 is 11.3. The molecule has 278 valence electrons. The van der Waals surface area contributed by atoms with Crippen molar-refractivity contribution in [2.75, 3.05) is 62.2 Å². The van der Waals surface area contributed by atoms with Gasteiger partial charge in [0.05, 0.1) is 10.0 Å². The first kappa shape index (κ1) is 36.3. The number of anilines is 2. The summed E-state index contributed by atoms with van der Waals surface area (Å²) in [6.45, 7) is 3.96. The largest absolute Gasteiger partial charge is 0.419 e. The van der Waals surface area contributed by atoms with Crippen LogP contribution in [0.1, 0.15) is 44.8 Å². The Balaban J connectivity index is 0.000000167. The van der Waals surface area contributed by atoms with Crippen LogP contribution < -0.4 is 15.1 Å². The molecule has 4 aliphatic rings. The van der Waals surface area contributed by atoms with E-state index in [1.54, 1.807) is 34.1 Å². The average molecular weight is 778 g/mol. The van der Waals surface area contributed by atoms with Crippen LogP contribution in [0, 0.1) is 0 Å². The van der Waals surface area contributed by atoms with Gasteiger partial charge in [-0.2, -0.15) is 0 Å². The van der Waals surface area contributed by atoms with Gasteiger partial charge in [-0.05, 0) is 24.3 Å². The highest BCUT2D eigenvalue weighted by Crippen LogP contribution is 2.37. The van der Waals surface area contributed by atoms with Crippen molar-refractivity contribution in [2.45, 2.75) is 12.5 Å². The maximum Gasteiger partial charge on any atom is 0.412 e. The van der Waals surface area contributed by atoms with Gasteiger partial charge in [-0.15, -0.1) is 0 Å². The Hall–Kier alpha value is -6.05. The minimum Gasteiger partial charge on any atom is -0.419 e. The fourth-order valence-electron chi connectivity index (χ4n) is 5.96. The molecule has 21 heteroatoms. The average Bonchev–Trinajstić information content (AvgIpc) is 3.65. The number of fused-ring (bicyclic) bond motifs is 2. The van der Waals surface area contributed by atoms with Crippen LogP contribution in [-0.4, -0.2) is 127 Å². The van der Waals surface area contributed by atoms with E-state index in [4.69, 9.17) is 32.7 Å². The summed E-state index contributed by atoms with van der Waals surface area (Å²) in [5.41, 5.74) is 0.770. The maximum atomic E-state index is 12.8. The lowest BCUT2D eigenvalue weighted by Crippen LogP contribution is -2.49. The van der Waals surface area contributed by atoms with E-state index < -0.39 is 36.5 Å². The highest BCUT2D eigenvalue weighted by atomic mass is 35.5. The van der Waals surface area contributed by atoms with Gasteiger partial charge in [0.25, 0.3) is 11.8 Å². The first-order valence-electron chi connectivity index (χ1n) is 16.6. The Bertz CT molecular complexity index is 2050. The Morgan fingerprint density at radius 3 is 1.52 bits per heavy atom. The molecule has 0 bridgehead atoms. The van der Waals surface area contributed by atoms with Crippen LogP contribution in [0.2, 0.25) is 10.0 Å². The van der Waals surface area contributed by atoms with Crippen molar-refractivity contribution in [1.29, 1.82) is 0 Å².